The lowest BCUT2D eigenvalue weighted by Gasteiger charge is -2.28. The van der Waals surface area contributed by atoms with Crippen LogP contribution in [0.2, 0.25) is 0 Å². The molecule has 220 valence electrons. The summed E-state index contributed by atoms with van der Waals surface area (Å²) in [5, 5.41) is 7.32. The molecular weight excluding hydrogens is 567 g/mol. The van der Waals surface area contributed by atoms with Crippen molar-refractivity contribution in [1.82, 2.24) is 0 Å². The summed E-state index contributed by atoms with van der Waals surface area (Å²) < 4.78 is 75.2. The number of rotatable bonds is 5. The van der Waals surface area contributed by atoms with Gasteiger partial charge in [0.05, 0.1) is 16.7 Å². The first-order valence-corrected chi connectivity index (χ1v) is 15.5. The van der Waals surface area contributed by atoms with Gasteiger partial charge in [0.15, 0.2) is 0 Å². The SMILES string of the molecule is [2H]c1c([2H])c(N(c2c([2H])c([2H])c(-c3ccc4c(ccc5ccccc54)c3)c([2H])c2[2H])c2cc3ccccc3c3ccccc23)c([2H])c([2H])c1-c1ccccc1. The van der Waals surface area contributed by atoms with Gasteiger partial charge in [0.1, 0.15) is 0 Å². The fourth-order valence-corrected chi connectivity index (χ4v) is 6.47. The molecular formula is C46H31N. The number of anilines is 3. The average Bonchev–Trinajstić information content (AvgIpc) is 3.22. The second-order valence-electron chi connectivity index (χ2n) is 11.5. The Kier molecular flexibility index (Phi) is 4.83. The van der Waals surface area contributed by atoms with Crippen molar-refractivity contribution in [3.05, 3.63) is 188 Å². The van der Waals surface area contributed by atoms with Crippen LogP contribution in [0.4, 0.5) is 17.1 Å². The number of hydrogen-bond acceptors (Lipinski definition) is 1. The molecule has 0 aromatic heterocycles. The van der Waals surface area contributed by atoms with Gasteiger partial charge < -0.3 is 4.90 Å². The Morgan fingerprint density at radius 1 is 0.319 bits per heavy atom. The quantitative estimate of drug-likeness (QED) is 0.176. The molecule has 47 heavy (non-hydrogen) atoms. The van der Waals surface area contributed by atoms with Crippen molar-refractivity contribution in [3.8, 4) is 22.3 Å². The molecule has 0 unspecified atom stereocenters. The number of hydrogen-bond donors (Lipinski definition) is 0. The Morgan fingerprint density at radius 3 is 1.51 bits per heavy atom. The van der Waals surface area contributed by atoms with Crippen LogP contribution in [0.1, 0.15) is 11.0 Å². The molecule has 0 N–H and O–H groups in total. The average molecular weight is 606 g/mol. The molecule has 0 saturated heterocycles. The summed E-state index contributed by atoms with van der Waals surface area (Å²) in [5.74, 6) is 0. The smallest absolute Gasteiger partial charge is 0.0645 e. The van der Waals surface area contributed by atoms with E-state index in [-0.39, 0.29) is 70.8 Å². The summed E-state index contributed by atoms with van der Waals surface area (Å²) in [6.45, 7) is 0. The lowest BCUT2D eigenvalue weighted by molar-refractivity contribution is 1.30. The van der Waals surface area contributed by atoms with E-state index in [0.717, 1.165) is 37.7 Å². The van der Waals surface area contributed by atoms with Gasteiger partial charge in [-0.25, -0.2) is 0 Å². The predicted molar refractivity (Wildman–Crippen MR) is 202 cm³/mol. The van der Waals surface area contributed by atoms with E-state index < -0.39 is 0 Å². The van der Waals surface area contributed by atoms with Crippen LogP contribution >= 0.6 is 0 Å². The minimum absolute atomic E-state index is 0.121. The number of fused-ring (bicyclic) bond motifs is 6. The van der Waals surface area contributed by atoms with Crippen molar-refractivity contribution in [3.63, 3.8) is 0 Å². The van der Waals surface area contributed by atoms with Gasteiger partial charge in [0, 0.05) is 16.8 Å². The van der Waals surface area contributed by atoms with Crippen LogP contribution in [-0.2, 0) is 0 Å². The normalized spacial score (nSPS) is 13.8. The molecule has 0 bridgehead atoms. The first-order chi connectivity index (χ1) is 26.7. The molecule has 9 aromatic carbocycles. The van der Waals surface area contributed by atoms with E-state index in [1.54, 1.807) is 24.3 Å². The Labute approximate surface area is 285 Å². The van der Waals surface area contributed by atoms with Crippen molar-refractivity contribution in [1.29, 1.82) is 0 Å². The van der Waals surface area contributed by atoms with Crippen molar-refractivity contribution in [2.75, 3.05) is 4.90 Å². The summed E-state index contributed by atoms with van der Waals surface area (Å²) in [5.41, 5.74) is 1.32. The van der Waals surface area contributed by atoms with Gasteiger partial charge in [0.2, 0.25) is 0 Å². The molecule has 0 spiro atoms. The second-order valence-corrected chi connectivity index (χ2v) is 11.5. The molecule has 0 radical (unpaired) electrons. The molecule has 0 aliphatic heterocycles. The fourth-order valence-electron chi connectivity index (χ4n) is 6.47. The minimum atomic E-state index is -0.379. The van der Waals surface area contributed by atoms with Crippen LogP contribution in [0.3, 0.4) is 0 Å². The zero-order valence-corrected chi connectivity index (χ0v) is 25.2. The lowest BCUT2D eigenvalue weighted by atomic mass is 9.97. The molecule has 0 atom stereocenters. The fraction of sp³-hybridized carbons (Fsp3) is 0. The third-order valence-electron chi connectivity index (χ3n) is 8.75. The van der Waals surface area contributed by atoms with E-state index in [4.69, 9.17) is 0 Å². The van der Waals surface area contributed by atoms with Crippen LogP contribution in [0, 0.1) is 0 Å². The lowest BCUT2D eigenvalue weighted by Crippen LogP contribution is -2.10. The van der Waals surface area contributed by atoms with Gasteiger partial charge in [-0.3, -0.25) is 0 Å². The van der Waals surface area contributed by atoms with E-state index in [1.807, 2.05) is 115 Å². The van der Waals surface area contributed by atoms with Gasteiger partial charge in [-0.05, 0) is 96.3 Å². The van der Waals surface area contributed by atoms with Crippen molar-refractivity contribution in [2.45, 2.75) is 0 Å². The van der Waals surface area contributed by atoms with Crippen LogP contribution in [0.25, 0.3) is 65.3 Å². The van der Waals surface area contributed by atoms with Crippen LogP contribution in [0.5, 0.6) is 0 Å². The zero-order chi connectivity index (χ0) is 38.1. The first-order valence-electron chi connectivity index (χ1n) is 19.5. The topological polar surface area (TPSA) is 3.24 Å². The van der Waals surface area contributed by atoms with Crippen LogP contribution < -0.4 is 4.90 Å². The molecule has 0 amide bonds. The van der Waals surface area contributed by atoms with Gasteiger partial charge in [-0.1, -0.05) is 152 Å². The van der Waals surface area contributed by atoms with E-state index in [2.05, 4.69) is 0 Å². The highest BCUT2D eigenvalue weighted by Gasteiger charge is 2.18. The third-order valence-corrected chi connectivity index (χ3v) is 8.75. The van der Waals surface area contributed by atoms with Crippen molar-refractivity contribution in [2.24, 2.45) is 0 Å². The Bertz CT molecular complexity index is 2980. The van der Waals surface area contributed by atoms with Gasteiger partial charge in [0.25, 0.3) is 0 Å². The molecule has 9 rings (SSSR count). The summed E-state index contributed by atoms with van der Waals surface area (Å²) in [7, 11) is 0. The molecule has 0 aliphatic rings. The Balaban J connectivity index is 1.35. The molecule has 1 nitrogen and oxygen atoms in total. The molecule has 0 saturated carbocycles. The third kappa shape index (κ3) is 4.81. The van der Waals surface area contributed by atoms with Crippen molar-refractivity contribution < 1.29 is 11.0 Å². The Hall–Kier alpha value is -6.18. The molecule has 1 heteroatoms. The predicted octanol–water partition coefficient (Wildman–Crippen LogP) is 13.1. The summed E-state index contributed by atoms with van der Waals surface area (Å²) in [4.78, 5) is 1.40. The van der Waals surface area contributed by atoms with Gasteiger partial charge in [-0.15, -0.1) is 0 Å². The van der Waals surface area contributed by atoms with E-state index in [1.165, 1.54) is 4.90 Å². The zero-order valence-electron chi connectivity index (χ0n) is 33.2. The van der Waals surface area contributed by atoms with E-state index >= 15 is 0 Å². The summed E-state index contributed by atoms with van der Waals surface area (Å²) in [6.07, 6.45) is 0. The molecule has 0 heterocycles. The summed E-state index contributed by atoms with van der Waals surface area (Å²) in [6, 6.07) is 41.1. The van der Waals surface area contributed by atoms with Gasteiger partial charge in [-0.2, -0.15) is 0 Å². The number of nitrogens with zero attached hydrogens (tertiary/aromatic N) is 1. The minimum Gasteiger partial charge on any atom is -0.310 e. The van der Waals surface area contributed by atoms with E-state index in [9.17, 15) is 11.0 Å². The Morgan fingerprint density at radius 2 is 0.809 bits per heavy atom. The highest BCUT2D eigenvalue weighted by Crippen LogP contribution is 2.43. The maximum absolute atomic E-state index is 9.57. The van der Waals surface area contributed by atoms with Crippen LogP contribution in [-0.4, -0.2) is 0 Å². The summed E-state index contributed by atoms with van der Waals surface area (Å²) >= 11 is 0. The largest absolute Gasteiger partial charge is 0.310 e. The first kappa shape index (κ1) is 20.0. The highest BCUT2D eigenvalue weighted by atomic mass is 15.1. The van der Waals surface area contributed by atoms with E-state index in [0.29, 0.717) is 22.2 Å². The van der Waals surface area contributed by atoms with Crippen molar-refractivity contribution >= 4 is 60.2 Å². The molecule has 0 fully saturated rings. The van der Waals surface area contributed by atoms with Gasteiger partial charge >= 0.3 is 0 Å². The maximum Gasteiger partial charge on any atom is 0.0645 e. The number of benzene rings is 9. The monoisotopic (exact) mass is 605 g/mol. The molecule has 9 aromatic rings. The maximum atomic E-state index is 9.57. The second kappa shape index (κ2) is 11.3. The molecule has 0 aliphatic carbocycles. The highest BCUT2D eigenvalue weighted by molar-refractivity contribution is 6.14. The standard InChI is InChI=1S/C46H31N/c1-2-10-32(11-3-1)33-20-25-39(26-21-33)47(46-31-37-13-5-7-15-42(37)44-16-8-9-17-45(44)46)40-27-22-34(23-28-40)36-24-29-43-38(30-36)19-18-35-12-4-6-14-41(35)43/h1-31H/i20D,21D,22D,23D,25D,26D,27D,28D. The van der Waals surface area contributed by atoms with Crippen LogP contribution in [0.15, 0.2) is 188 Å².